The van der Waals surface area contributed by atoms with Gasteiger partial charge in [0.05, 0.1) is 11.5 Å². The maximum atomic E-state index is 12.0. The molecule has 0 aliphatic rings. The summed E-state index contributed by atoms with van der Waals surface area (Å²) >= 11 is 0. The number of nitrogens with zero attached hydrogens (tertiary/aromatic N) is 1. The van der Waals surface area contributed by atoms with E-state index in [-0.39, 0.29) is 5.41 Å². The molecule has 2 nitrogen and oxygen atoms in total. The Kier molecular flexibility index (Phi) is 5.10. The lowest BCUT2D eigenvalue weighted by atomic mass is 9.93. The average Bonchev–Trinajstić information content (AvgIpc) is 2.32. The van der Waals surface area contributed by atoms with Crippen LogP contribution in [0.3, 0.4) is 0 Å². The summed E-state index contributed by atoms with van der Waals surface area (Å²) in [7, 11) is -0.885. The van der Waals surface area contributed by atoms with Crippen LogP contribution >= 0.6 is 0 Å². The maximum Gasteiger partial charge on any atom is 0.0684 e. The van der Waals surface area contributed by atoms with Crippen LogP contribution in [0.4, 0.5) is 0 Å². The molecule has 18 heavy (non-hydrogen) atoms. The zero-order valence-electron chi connectivity index (χ0n) is 11.6. The van der Waals surface area contributed by atoms with E-state index in [1.54, 1.807) is 0 Å². The predicted octanol–water partition coefficient (Wildman–Crippen LogP) is 3.49. The first kappa shape index (κ1) is 14.9. The predicted molar refractivity (Wildman–Crippen MR) is 76.6 cm³/mol. The number of hydrogen-bond acceptors (Lipinski definition) is 2. The van der Waals surface area contributed by atoms with E-state index in [1.165, 1.54) is 11.1 Å². The molecule has 98 valence electrons. The van der Waals surface area contributed by atoms with Gasteiger partial charge in [-0.25, -0.2) is 0 Å². The smallest absolute Gasteiger partial charge is 0.0684 e. The highest BCUT2D eigenvalue weighted by Gasteiger charge is 2.17. The Balaban J connectivity index is 2.55. The van der Waals surface area contributed by atoms with Crippen LogP contribution in [0.5, 0.6) is 0 Å². The molecule has 0 radical (unpaired) electrons. The van der Waals surface area contributed by atoms with Crippen LogP contribution in [0.2, 0.25) is 0 Å². The summed E-state index contributed by atoms with van der Waals surface area (Å²) in [5, 5.41) is 8.91. The van der Waals surface area contributed by atoms with Gasteiger partial charge >= 0.3 is 0 Å². The molecule has 0 fully saturated rings. The van der Waals surface area contributed by atoms with E-state index < -0.39 is 10.8 Å². The number of hydrogen-bond donors (Lipinski definition) is 0. The van der Waals surface area contributed by atoms with Crippen LogP contribution < -0.4 is 0 Å². The van der Waals surface area contributed by atoms with Crippen molar-refractivity contribution in [2.45, 2.75) is 39.9 Å². The molecule has 0 aliphatic heterocycles. The van der Waals surface area contributed by atoms with Crippen molar-refractivity contribution in [3.05, 3.63) is 34.9 Å². The number of benzene rings is 1. The summed E-state index contributed by atoms with van der Waals surface area (Å²) < 4.78 is 12.0. The molecule has 0 amide bonds. The molecule has 1 atom stereocenters. The highest BCUT2D eigenvalue weighted by Crippen LogP contribution is 2.20. The second kappa shape index (κ2) is 6.15. The molecule has 1 rings (SSSR count). The van der Waals surface area contributed by atoms with E-state index in [9.17, 15) is 4.21 Å². The van der Waals surface area contributed by atoms with Crippen molar-refractivity contribution >= 4 is 10.8 Å². The van der Waals surface area contributed by atoms with E-state index >= 15 is 0 Å². The van der Waals surface area contributed by atoms with Gasteiger partial charge in [0.15, 0.2) is 0 Å². The molecule has 0 saturated carbocycles. The van der Waals surface area contributed by atoms with E-state index in [4.69, 9.17) is 5.26 Å². The van der Waals surface area contributed by atoms with Crippen LogP contribution in [0.25, 0.3) is 0 Å². The first-order chi connectivity index (χ1) is 8.34. The molecule has 0 bridgehead atoms. The van der Waals surface area contributed by atoms with Crippen molar-refractivity contribution in [3.63, 3.8) is 0 Å². The third kappa shape index (κ3) is 4.62. The first-order valence-corrected chi connectivity index (χ1v) is 7.65. The second-order valence-electron chi connectivity index (χ2n) is 5.45. The topological polar surface area (TPSA) is 40.9 Å². The Bertz CT molecular complexity index is 486. The average molecular weight is 263 g/mol. The Morgan fingerprint density at radius 2 is 1.94 bits per heavy atom. The van der Waals surface area contributed by atoms with Crippen molar-refractivity contribution in [3.8, 4) is 6.07 Å². The number of nitriles is 1. The lowest BCUT2D eigenvalue weighted by molar-refractivity contribution is 0.479. The quantitative estimate of drug-likeness (QED) is 0.816. The fraction of sp³-hybridized carbons (Fsp3) is 0.533. The van der Waals surface area contributed by atoms with Gasteiger partial charge in [-0.05, 0) is 50.8 Å². The van der Waals surface area contributed by atoms with Gasteiger partial charge in [0.25, 0.3) is 0 Å². The minimum Gasteiger partial charge on any atom is -0.259 e. The summed E-state index contributed by atoms with van der Waals surface area (Å²) in [5.74, 6) is 1.18. The lowest BCUT2D eigenvalue weighted by Gasteiger charge is -2.14. The molecule has 0 N–H and O–H groups in total. The zero-order valence-corrected chi connectivity index (χ0v) is 12.4. The van der Waals surface area contributed by atoms with Crippen LogP contribution in [-0.2, 0) is 16.6 Å². The van der Waals surface area contributed by atoms with Gasteiger partial charge in [0.1, 0.15) is 0 Å². The minimum absolute atomic E-state index is 0.376. The van der Waals surface area contributed by atoms with Gasteiger partial charge in [-0.3, -0.25) is 4.21 Å². The normalized spacial score (nSPS) is 13.1. The van der Waals surface area contributed by atoms with Crippen molar-refractivity contribution in [2.75, 3.05) is 5.75 Å². The molecule has 0 spiro atoms. The van der Waals surface area contributed by atoms with Gasteiger partial charge in [-0.15, -0.1) is 0 Å². The minimum atomic E-state index is -0.885. The third-order valence-corrected chi connectivity index (χ3v) is 4.47. The second-order valence-corrected chi connectivity index (χ2v) is 7.03. The van der Waals surface area contributed by atoms with Crippen LogP contribution in [0.1, 0.15) is 37.0 Å². The number of rotatable bonds is 5. The van der Waals surface area contributed by atoms with Crippen molar-refractivity contribution < 1.29 is 4.21 Å². The molecule has 0 aliphatic carbocycles. The maximum absolute atomic E-state index is 12.0. The first-order valence-electron chi connectivity index (χ1n) is 6.16. The third-order valence-electron chi connectivity index (χ3n) is 3.16. The van der Waals surface area contributed by atoms with Crippen molar-refractivity contribution in [1.29, 1.82) is 5.26 Å². The van der Waals surface area contributed by atoms with Crippen LogP contribution in [-0.4, -0.2) is 9.96 Å². The van der Waals surface area contributed by atoms with E-state index in [2.05, 4.69) is 32.0 Å². The Hall–Kier alpha value is -1.14. The zero-order chi connectivity index (χ0) is 13.8. The Morgan fingerprint density at radius 3 is 2.50 bits per heavy atom. The molecule has 3 heteroatoms. The molecular formula is C15H21NOS. The SMILES string of the molecule is Cc1ccc(C[S@@](=O)CCC(C)(C)C#N)cc1C. The van der Waals surface area contributed by atoms with E-state index in [1.807, 2.05) is 19.9 Å². The molecule has 0 saturated heterocycles. The van der Waals surface area contributed by atoms with Gasteiger partial charge in [0, 0.05) is 22.3 Å². The summed E-state index contributed by atoms with van der Waals surface area (Å²) in [5.41, 5.74) is 3.24. The van der Waals surface area contributed by atoms with Crippen molar-refractivity contribution in [2.24, 2.45) is 5.41 Å². The summed E-state index contributed by atoms with van der Waals surface area (Å²) in [6.45, 7) is 7.92. The van der Waals surface area contributed by atoms with E-state index in [0.29, 0.717) is 17.9 Å². The standard InChI is InChI=1S/C15H21NOS/c1-12-5-6-14(9-13(12)2)10-18(17)8-7-15(3,4)11-16/h5-6,9H,7-8,10H2,1-4H3/t18-/m0/s1. The summed E-state index contributed by atoms with van der Waals surface area (Å²) in [6.07, 6.45) is 0.682. The molecule has 0 heterocycles. The van der Waals surface area contributed by atoms with Gasteiger partial charge in [-0.1, -0.05) is 18.2 Å². The highest BCUT2D eigenvalue weighted by atomic mass is 32.2. The molecule has 0 aromatic heterocycles. The largest absolute Gasteiger partial charge is 0.259 e. The van der Waals surface area contributed by atoms with Gasteiger partial charge in [-0.2, -0.15) is 5.26 Å². The van der Waals surface area contributed by atoms with Gasteiger partial charge < -0.3 is 0 Å². The fourth-order valence-corrected chi connectivity index (χ4v) is 3.01. The Labute approximate surface area is 112 Å². The molecule has 1 aromatic carbocycles. The molecular weight excluding hydrogens is 242 g/mol. The summed E-state index contributed by atoms with van der Waals surface area (Å²) in [6, 6.07) is 8.45. The van der Waals surface area contributed by atoms with Crippen LogP contribution in [0, 0.1) is 30.6 Å². The van der Waals surface area contributed by atoms with E-state index in [0.717, 1.165) is 5.56 Å². The fourth-order valence-electron chi connectivity index (χ4n) is 1.58. The van der Waals surface area contributed by atoms with Crippen LogP contribution in [0.15, 0.2) is 18.2 Å². The van der Waals surface area contributed by atoms with Gasteiger partial charge in [0.2, 0.25) is 0 Å². The molecule has 1 aromatic rings. The summed E-state index contributed by atoms with van der Waals surface area (Å²) in [4.78, 5) is 0. The lowest BCUT2D eigenvalue weighted by Crippen LogP contribution is -2.13. The number of aryl methyl sites for hydroxylation is 2. The Morgan fingerprint density at radius 1 is 1.28 bits per heavy atom. The highest BCUT2D eigenvalue weighted by molar-refractivity contribution is 7.84. The molecule has 0 unspecified atom stereocenters. The monoisotopic (exact) mass is 263 g/mol. The van der Waals surface area contributed by atoms with Crippen molar-refractivity contribution in [1.82, 2.24) is 0 Å².